The zero-order valence-electron chi connectivity index (χ0n) is 18.0. The zero-order chi connectivity index (χ0) is 22.2. The molecule has 0 spiro atoms. The summed E-state index contributed by atoms with van der Waals surface area (Å²) in [6, 6.07) is 17.4. The molecule has 0 aliphatic carbocycles. The lowest BCUT2D eigenvalue weighted by atomic mass is 9.85. The van der Waals surface area contributed by atoms with Gasteiger partial charge in [0, 0.05) is 42.3 Å². The number of likely N-dealkylation sites (N-methyl/N-ethyl adjacent to an activating group) is 1. The molecule has 2 fully saturated rings. The molecular weight excluding hydrogens is 426 g/mol. The Hall–Kier alpha value is -2.30. The van der Waals surface area contributed by atoms with Crippen LogP contribution >= 0.6 is 23.8 Å². The summed E-state index contributed by atoms with van der Waals surface area (Å²) in [4.78, 5) is 12.9. The van der Waals surface area contributed by atoms with Crippen molar-refractivity contribution in [1.82, 2.24) is 9.80 Å². The molecular formula is C24H26ClN5S. The maximum atomic E-state index is 9.20. The first kappa shape index (κ1) is 21.9. The molecule has 2 heterocycles. The third-order valence-corrected chi connectivity index (χ3v) is 7.10. The van der Waals surface area contributed by atoms with Crippen LogP contribution in [0.5, 0.6) is 0 Å². The van der Waals surface area contributed by atoms with Crippen LogP contribution < -0.4 is 4.90 Å². The number of anilines is 1. The smallest absolute Gasteiger partial charge is 0.133 e. The molecule has 4 rings (SSSR count). The number of hydrogen-bond acceptors (Lipinski definition) is 5. The maximum Gasteiger partial charge on any atom is 0.133 e. The van der Waals surface area contributed by atoms with Crippen LogP contribution in [0.4, 0.5) is 11.4 Å². The fraction of sp³-hybridized carbons (Fsp3) is 0.375. The average Bonchev–Trinajstić information content (AvgIpc) is 2.96. The van der Waals surface area contributed by atoms with Gasteiger partial charge in [-0.25, -0.2) is 4.99 Å². The number of halogens is 1. The summed E-state index contributed by atoms with van der Waals surface area (Å²) >= 11 is 12.1. The molecule has 2 aromatic rings. The number of thiocarbonyl (C=S) groups is 1. The fourth-order valence-electron chi connectivity index (χ4n) is 4.35. The Balaban J connectivity index is 1.82. The van der Waals surface area contributed by atoms with Gasteiger partial charge in [-0.1, -0.05) is 37.7 Å². The van der Waals surface area contributed by atoms with Crippen LogP contribution in [-0.4, -0.2) is 59.9 Å². The van der Waals surface area contributed by atoms with E-state index in [1.54, 1.807) is 0 Å². The molecule has 2 saturated heterocycles. The van der Waals surface area contributed by atoms with Crippen molar-refractivity contribution >= 4 is 46.0 Å². The average molecular weight is 452 g/mol. The third kappa shape index (κ3) is 4.24. The molecule has 2 aliphatic heterocycles. The van der Waals surface area contributed by atoms with Gasteiger partial charge >= 0.3 is 0 Å². The molecule has 0 aromatic heterocycles. The lowest BCUT2D eigenvalue weighted by Gasteiger charge is -2.40. The van der Waals surface area contributed by atoms with Gasteiger partial charge in [0.1, 0.15) is 5.84 Å². The number of nitrogens with zero attached hydrogens (tertiary/aromatic N) is 5. The van der Waals surface area contributed by atoms with Crippen LogP contribution in [-0.2, 0) is 0 Å². The summed E-state index contributed by atoms with van der Waals surface area (Å²) in [6.07, 6.45) is 0. The molecule has 0 N–H and O–H groups in total. The van der Waals surface area contributed by atoms with Crippen LogP contribution in [0.25, 0.3) is 0 Å². The van der Waals surface area contributed by atoms with E-state index < -0.39 is 0 Å². The first-order valence-electron chi connectivity index (χ1n) is 10.4. The van der Waals surface area contributed by atoms with Crippen molar-refractivity contribution in [2.24, 2.45) is 10.4 Å². The van der Waals surface area contributed by atoms with Crippen LogP contribution in [0.3, 0.4) is 0 Å². The van der Waals surface area contributed by atoms with Crippen molar-refractivity contribution in [3.8, 4) is 6.07 Å². The van der Waals surface area contributed by atoms with Crippen molar-refractivity contribution < 1.29 is 0 Å². The quantitative estimate of drug-likeness (QED) is 0.631. The van der Waals surface area contributed by atoms with Crippen molar-refractivity contribution in [1.29, 1.82) is 5.26 Å². The third-order valence-electron chi connectivity index (χ3n) is 6.14. The first-order chi connectivity index (χ1) is 14.8. The molecule has 1 atom stereocenters. The van der Waals surface area contributed by atoms with Gasteiger partial charge in [0.15, 0.2) is 0 Å². The second kappa shape index (κ2) is 8.68. The van der Waals surface area contributed by atoms with E-state index in [9.17, 15) is 5.26 Å². The highest BCUT2D eigenvalue weighted by atomic mass is 35.5. The van der Waals surface area contributed by atoms with E-state index in [2.05, 4.69) is 41.7 Å². The molecule has 160 valence electrons. The van der Waals surface area contributed by atoms with Crippen molar-refractivity contribution in [3.05, 3.63) is 59.1 Å². The summed E-state index contributed by atoms with van der Waals surface area (Å²) in [5, 5.41) is 9.88. The Kier molecular flexibility index (Phi) is 6.14. The standard InChI is InChI=1S/C24H26ClN5S/c1-24(2)21(29-14-12-28(3)13-15-29)22(27-19-8-6-18(25)7-9-19)30(23(24)31)20-10-4-17(16-26)5-11-20/h4-11,21H,12-15H2,1-3H3/t21-/m0/s1. The largest absolute Gasteiger partial charge is 0.304 e. The highest BCUT2D eigenvalue weighted by Gasteiger charge is 2.52. The van der Waals surface area contributed by atoms with Crippen LogP contribution in [0.15, 0.2) is 53.5 Å². The number of hydrogen-bond donors (Lipinski definition) is 0. The van der Waals surface area contributed by atoms with Gasteiger partial charge in [0.2, 0.25) is 0 Å². The Bertz CT molecular complexity index is 1030. The summed E-state index contributed by atoms with van der Waals surface area (Å²) in [5.74, 6) is 0.923. The lowest BCUT2D eigenvalue weighted by Crippen LogP contribution is -2.55. The monoisotopic (exact) mass is 451 g/mol. The van der Waals surface area contributed by atoms with Crippen molar-refractivity contribution in [2.75, 3.05) is 38.1 Å². The van der Waals surface area contributed by atoms with Gasteiger partial charge in [-0.3, -0.25) is 9.80 Å². The SMILES string of the molecule is CN1CCN([C@H]2C(=Nc3ccc(Cl)cc3)N(c3ccc(C#N)cc3)C(=S)C2(C)C)CC1. The van der Waals surface area contributed by atoms with E-state index in [1.165, 1.54) is 0 Å². The molecule has 31 heavy (non-hydrogen) atoms. The van der Waals surface area contributed by atoms with E-state index in [-0.39, 0.29) is 11.5 Å². The number of benzene rings is 2. The second-order valence-corrected chi connectivity index (χ2v) is 9.53. The molecule has 2 aromatic carbocycles. The highest BCUT2D eigenvalue weighted by molar-refractivity contribution is 7.80. The molecule has 0 radical (unpaired) electrons. The molecule has 5 nitrogen and oxygen atoms in total. The van der Waals surface area contributed by atoms with Gasteiger partial charge < -0.3 is 4.90 Å². The van der Waals surface area contributed by atoms with E-state index in [0.29, 0.717) is 10.6 Å². The van der Waals surface area contributed by atoms with Gasteiger partial charge in [-0.15, -0.1) is 0 Å². The molecule has 7 heteroatoms. The summed E-state index contributed by atoms with van der Waals surface area (Å²) in [6.45, 7) is 8.38. The summed E-state index contributed by atoms with van der Waals surface area (Å²) in [7, 11) is 2.16. The molecule has 0 amide bonds. The predicted molar refractivity (Wildman–Crippen MR) is 131 cm³/mol. The van der Waals surface area contributed by atoms with E-state index in [0.717, 1.165) is 48.4 Å². The molecule has 0 unspecified atom stereocenters. The summed E-state index contributed by atoms with van der Waals surface area (Å²) in [5.41, 5.74) is 2.13. The number of piperazine rings is 1. The number of aliphatic imine (C=N–C) groups is 1. The Morgan fingerprint density at radius 3 is 2.23 bits per heavy atom. The predicted octanol–water partition coefficient (Wildman–Crippen LogP) is 4.73. The molecule has 0 saturated carbocycles. The Morgan fingerprint density at radius 2 is 1.65 bits per heavy atom. The van der Waals surface area contributed by atoms with Gasteiger partial charge in [-0.2, -0.15) is 5.26 Å². The fourth-order valence-corrected chi connectivity index (χ4v) is 4.78. The normalized spacial score (nSPS) is 23.3. The molecule has 0 bridgehead atoms. The van der Waals surface area contributed by atoms with Crippen molar-refractivity contribution in [3.63, 3.8) is 0 Å². The van der Waals surface area contributed by atoms with E-state index in [1.807, 2.05) is 48.5 Å². The number of nitriles is 1. The van der Waals surface area contributed by atoms with Crippen LogP contribution in [0, 0.1) is 16.7 Å². The second-order valence-electron chi connectivity index (χ2n) is 8.71. The van der Waals surface area contributed by atoms with E-state index >= 15 is 0 Å². The first-order valence-corrected chi connectivity index (χ1v) is 11.2. The van der Waals surface area contributed by atoms with Gasteiger partial charge in [-0.05, 0) is 55.6 Å². The van der Waals surface area contributed by atoms with Crippen LogP contribution in [0.1, 0.15) is 19.4 Å². The number of amidine groups is 1. The zero-order valence-corrected chi connectivity index (χ0v) is 19.6. The maximum absolute atomic E-state index is 9.20. The Morgan fingerprint density at radius 1 is 1.03 bits per heavy atom. The lowest BCUT2D eigenvalue weighted by molar-refractivity contribution is 0.109. The van der Waals surface area contributed by atoms with E-state index in [4.69, 9.17) is 28.8 Å². The minimum atomic E-state index is -0.273. The molecule has 2 aliphatic rings. The Labute approximate surface area is 194 Å². The van der Waals surface area contributed by atoms with Crippen molar-refractivity contribution in [2.45, 2.75) is 19.9 Å². The van der Waals surface area contributed by atoms with Gasteiger partial charge in [0.25, 0.3) is 0 Å². The highest BCUT2D eigenvalue weighted by Crippen LogP contribution is 2.41. The minimum absolute atomic E-state index is 0.0556. The van der Waals surface area contributed by atoms with Gasteiger partial charge in [0.05, 0.1) is 28.4 Å². The summed E-state index contributed by atoms with van der Waals surface area (Å²) < 4.78 is 0. The topological polar surface area (TPSA) is 45.9 Å². The van der Waals surface area contributed by atoms with Crippen LogP contribution in [0.2, 0.25) is 5.02 Å². The number of rotatable bonds is 3. The minimum Gasteiger partial charge on any atom is -0.304 e.